The molecule has 0 bridgehead atoms. The van der Waals surface area contributed by atoms with Gasteiger partial charge in [-0.1, -0.05) is 0 Å². The van der Waals surface area contributed by atoms with Gasteiger partial charge < -0.3 is 20.0 Å². The number of urea groups is 1. The lowest BCUT2D eigenvalue weighted by Gasteiger charge is -2.35. The summed E-state index contributed by atoms with van der Waals surface area (Å²) in [7, 11) is 1.77. The Balaban J connectivity index is 1.64. The number of aryl methyl sites for hydroxylation is 1. The topological polar surface area (TPSA) is 73.0 Å². The molecule has 0 radical (unpaired) electrons. The molecule has 7 heteroatoms. The van der Waals surface area contributed by atoms with E-state index in [4.69, 9.17) is 0 Å². The molecule has 1 N–H and O–H groups in total. The Morgan fingerprint density at radius 1 is 1.04 bits per heavy atom. The molecule has 4 amide bonds. The van der Waals surface area contributed by atoms with E-state index in [2.05, 4.69) is 5.32 Å². The fourth-order valence-electron chi connectivity index (χ4n) is 3.42. The van der Waals surface area contributed by atoms with Gasteiger partial charge in [0.15, 0.2) is 0 Å². The Morgan fingerprint density at radius 2 is 1.69 bits per heavy atom. The third kappa shape index (κ3) is 3.66. The number of anilines is 1. The first-order valence-corrected chi connectivity index (χ1v) is 9.11. The van der Waals surface area contributed by atoms with Crippen LogP contribution in [0.2, 0.25) is 0 Å². The van der Waals surface area contributed by atoms with Crippen molar-refractivity contribution in [1.29, 1.82) is 0 Å². The molecule has 1 aromatic carbocycles. The zero-order valence-electron chi connectivity index (χ0n) is 15.6. The number of benzene rings is 1. The van der Waals surface area contributed by atoms with Gasteiger partial charge in [0.1, 0.15) is 0 Å². The molecule has 0 unspecified atom stereocenters. The number of amides is 4. The lowest BCUT2D eigenvalue weighted by Crippen LogP contribution is -2.54. The number of hydrogen-bond donors (Lipinski definition) is 1. The molecule has 7 nitrogen and oxygen atoms in total. The molecular formula is C19H26N4O3. The number of hydrogen-bond acceptors (Lipinski definition) is 3. The highest BCUT2D eigenvalue weighted by Gasteiger charge is 2.27. The maximum Gasteiger partial charge on any atom is 0.317 e. The smallest absolute Gasteiger partial charge is 0.317 e. The standard InChI is InChI=1S/C19H26N4O3/c1-13(2)20-19(26)23-10-8-22(9-11-23)18(25)15-4-6-16-14(12-15)5-7-17(24)21(16)3/h4,6,12-13H,5,7-11H2,1-3H3,(H,20,26). The zero-order valence-corrected chi connectivity index (χ0v) is 15.6. The predicted molar refractivity (Wildman–Crippen MR) is 99.3 cm³/mol. The molecule has 1 saturated heterocycles. The van der Waals surface area contributed by atoms with Crippen LogP contribution in [0.4, 0.5) is 10.5 Å². The molecule has 26 heavy (non-hydrogen) atoms. The fraction of sp³-hybridized carbons (Fsp3) is 0.526. The van der Waals surface area contributed by atoms with Crippen molar-refractivity contribution in [2.45, 2.75) is 32.7 Å². The van der Waals surface area contributed by atoms with E-state index in [1.807, 2.05) is 26.0 Å². The normalized spacial score (nSPS) is 17.4. The minimum absolute atomic E-state index is 0.0173. The summed E-state index contributed by atoms with van der Waals surface area (Å²) in [6.45, 7) is 5.98. The molecule has 0 atom stereocenters. The average Bonchev–Trinajstić information content (AvgIpc) is 2.63. The van der Waals surface area contributed by atoms with E-state index < -0.39 is 0 Å². The first kappa shape index (κ1) is 18.2. The van der Waals surface area contributed by atoms with Crippen LogP contribution in [0.5, 0.6) is 0 Å². The Morgan fingerprint density at radius 3 is 2.35 bits per heavy atom. The molecule has 2 aliphatic rings. The van der Waals surface area contributed by atoms with Gasteiger partial charge in [0.25, 0.3) is 5.91 Å². The third-order valence-electron chi connectivity index (χ3n) is 4.94. The maximum atomic E-state index is 12.8. The van der Waals surface area contributed by atoms with Crippen molar-refractivity contribution in [3.63, 3.8) is 0 Å². The monoisotopic (exact) mass is 358 g/mol. The number of fused-ring (bicyclic) bond motifs is 1. The number of carbonyl (C=O) groups excluding carboxylic acids is 3. The van der Waals surface area contributed by atoms with Gasteiger partial charge in [-0.25, -0.2) is 4.79 Å². The van der Waals surface area contributed by atoms with Crippen LogP contribution in [0.15, 0.2) is 18.2 Å². The fourth-order valence-corrected chi connectivity index (χ4v) is 3.42. The summed E-state index contributed by atoms with van der Waals surface area (Å²) in [4.78, 5) is 41.8. The van der Waals surface area contributed by atoms with Crippen LogP contribution in [0, 0.1) is 0 Å². The molecule has 0 saturated carbocycles. The number of carbonyl (C=O) groups is 3. The second-order valence-corrected chi connectivity index (χ2v) is 7.18. The van der Waals surface area contributed by atoms with Crippen LogP contribution in [0.25, 0.3) is 0 Å². The molecule has 1 aromatic rings. The average molecular weight is 358 g/mol. The van der Waals surface area contributed by atoms with E-state index in [9.17, 15) is 14.4 Å². The van der Waals surface area contributed by atoms with Crippen molar-refractivity contribution in [3.05, 3.63) is 29.3 Å². The Labute approximate surface area is 153 Å². The molecule has 2 heterocycles. The van der Waals surface area contributed by atoms with Crippen LogP contribution in [-0.2, 0) is 11.2 Å². The van der Waals surface area contributed by atoms with Gasteiger partial charge in [-0.15, -0.1) is 0 Å². The van der Waals surface area contributed by atoms with E-state index >= 15 is 0 Å². The van der Waals surface area contributed by atoms with E-state index in [1.54, 1.807) is 27.8 Å². The molecule has 3 rings (SSSR count). The van der Waals surface area contributed by atoms with Gasteiger partial charge in [-0.3, -0.25) is 9.59 Å². The first-order chi connectivity index (χ1) is 12.4. The third-order valence-corrected chi connectivity index (χ3v) is 4.94. The molecular weight excluding hydrogens is 332 g/mol. The van der Waals surface area contributed by atoms with E-state index in [1.165, 1.54) is 0 Å². The highest BCUT2D eigenvalue weighted by Crippen LogP contribution is 2.28. The van der Waals surface area contributed by atoms with Crippen molar-refractivity contribution in [2.24, 2.45) is 0 Å². The highest BCUT2D eigenvalue weighted by atomic mass is 16.2. The second-order valence-electron chi connectivity index (χ2n) is 7.18. The number of piperazine rings is 1. The minimum Gasteiger partial charge on any atom is -0.336 e. The molecule has 0 spiro atoms. The first-order valence-electron chi connectivity index (χ1n) is 9.11. The largest absolute Gasteiger partial charge is 0.336 e. The van der Waals surface area contributed by atoms with Crippen LogP contribution >= 0.6 is 0 Å². The SMILES string of the molecule is CC(C)NC(=O)N1CCN(C(=O)c2ccc3c(c2)CCC(=O)N3C)CC1. The van der Waals surface area contributed by atoms with Crippen molar-refractivity contribution >= 4 is 23.5 Å². The minimum atomic E-state index is -0.0754. The Hall–Kier alpha value is -2.57. The number of nitrogens with zero attached hydrogens (tertiary/aromatic N) is 3. The van der Waals surface area contributed by atoms with Crippen LogP contribution in [0.3, 0.4) is 0 Å². The summed E-state index contributed by atoms with van der Waals surface area (Å²) in [5.41, 5.74) is 2.56. The summed E-state index contributed by atoms with van der Waals surface area (Å²) < 4.78 is 0. The molecule has 1 fully saturated rings. The summed E-state index contributed by atoms with van der Waals surface area (Å²) >= 11 is 0. The summed E-state index contributed by atoms with van der Waals surface area (Å²) in [5.74, 6) is 0.0867. The zero-order chi connectivity index (χ0) is 18.8. The van der Waals surface area contributed by atoms with Gasteiger partial charge in [0, 0.05) is 56.9 Å². The summed E-state index contributed by atoms with van der Waals surface area (Å²) in [6, 6.07) is 5.56. The molecule has 0 aliphatic carbocycles. The number of nitrogens with one attached hydrogen (secondary N) is 1. The van der Waals surface area contributed by atoms with E-state index in [-0.39, 0.29) is 23.9 Å². The molecule has 0 aromatic heterocycles. The van der Waals surface area contributed by atoms with E-state index in [0.29, 0.717) is 44.6 Å². The van der Waals surface area contributed by atoms with Gasteiger partial charge in [0.05, 0.1) is 0 Å². The van der Waals surface area contributed by atoms with Gasteiger partial charge in [0.2, 0.25) is 5.91 Å². The van der Waals surface area contributed by atoms with Crippen LogP contribution < -0.4 is 10.2 Å². The predicted octanol–water partition coefficient (Wildman–Crippen LogP) is 1.47. The lowest BCUT2D eigenvalue weighted by molar-refractivity contribution is -0.118. The van der Waals surface area contributed by atoms with E-state index in [0.717, 1.165) is 11.3 Å². The maximum absolute atomic E-state index is 12.8. The van der Waals surface area contributed by atoms with Crippen LogP contribution in [0.1, 0.15) is 36.2 Å². The lowest BCUT2D eigenvalue weighted by atomic mass is 9.98. The van der Waals surface area contributed by atoms with Gasteiger partial charge in [-0.2, -0.15) is 0 Å². The van der Waals surface area contributed by atoms with Crippen molar-refractivity contribution in [1.82, 2.24) is 15.1 Å². The Bertz CT molecular complexity index is 723. The summed E-state index contributed by atoms with van der Waals surface area (Å²) in [6.07, 6.45) is 1.15. The molecule has 2 aliphatic heterocycles. The molecule has 140 valence electrons. The van der Waals surface area contributed by atoms with Crippen molar-refractivity contribution < 1.29 is 14.4 Å². The van der Waals surface area contributed by atoms with Crippen molar-refractivity contribution in [3.8, 4) is 0 Å². The number of rotatable bonds is 2. The highest BCUT2D eigenvalue weighted by molar-refractivity contribution is 5.99. The van der Waals surface area contributed by atoms with Gasteiger partial charge in [-0.05, 0) is 44.0 Å². The van der Waals surface area contributed by atoms with Crippen LogP contribution in [-0.4, -0.2) is 66.9 Å². The second kappa shape index (κ2) is 7.35. The van der Waals surface area contributed by atoms with Gasteiger partial charge >= 0.3 is 6.03 Å². The Kier molecular flexibility index (Phi) is 5.15. The van der Waals surface area contributed by atoms with Crippen molar-refractivity contribution in [2.75, 3.05) is 38.1 Å². The summed E-state index contributed by atoms with van der Waals surface area (Å²) in [5, 5.41) is 2.88. The quantitative estimate of drug-likeness (QED) is 0.870.